The minimum atomic E-state index is -0.473. The van der Waals surface area contributed by atoms with Crippen LogP contribution in [-0.2, 0) is 4.79 Å². The number of amides is 1. The quantitative estimate of drug-likeness (QED) is 0.921. The molecule has 1 aliphatic rings. The maximum Gasteiger partial charge on any atom is 0.263 e. The van der Waals surface area contributed by atoms with Crippen LogP contribution in [0.1, 0.15) is 13.3 Å². The van der Waals surface area contributed by atoms with Gasteiger partial charge < -0.3 is 15.0 Å². The molecule has 1 atom stereocenters. The topological polar surface area (TPSA) is 41.6 Å². The molecule has 1 amide bonds. The molecule has 5 heteroatoms. The van der Waals surface area contributed by atoms with Gasteiger partial charge in [0.05, 0.1) is 0 Å². The van der Waals surface area contributed by atoms with Crippen molar-refractivity contribution in [1.29, 1.82) is 0 Å². The molecular formula is C14H19ClN2O2. The van der Waals surface area contributed by atoms with Gasteiger partial charge in [0, 0.05) is 24.7 Å². The van der Waals surface area contributed by atoms with Crippen LogP contribution < -0.4 is 10.1 Å². The Bertz CT molecular complexity index is 414. The first-order valence-electron chi connectivity index (χ1n) is 6.58. The van der Waals surface area contributed by atoms with Crippen molar-refractivity contribution in [3.63, 3.8) is 0 Å². The number of ether oxygens (including phenoxy) is 1. The molecule has 0 aromatic heterocycles. The number of halogens is 1. The molecule has 0 spiro atoms. The van der Waals surface area contributed by atoms with Gasteiger partial charge in [0.15, 0.2) is 6.10 Å². The van der Waals surface area contributed by atoms with Gasteiger partial charge in [0.1, 0.15) is 5.75 Å². The summed E-state index contributed by atoms with van der Waals surface area (Å²) in [4.78, 5) is 14.1. The van der Waals surface area contributed by atoms with E-state index in [1.807, 2.05) is 4.90 Å². The molecule has 0 bridgehead atoms. The van der Waals surface area contributed by atoms with E-state index in [2.05, 4.69) is 5.32 Å². The van der Waals surface area contributed by atoms with Crippen molar-refractivity contribution < 1.29 is 9.53 Å². The number of hydrogen-bond donors (Lipinski definition) is 1. The lowest BCUT2D eigenvalue weighted by atomic mass is 10.3. The lowest BCUT2D eigenvalue weighted by molar-refractivity contribution is -0.137. The van der Waals surface area contributed by atoms with Crippen LogP contribution in [0.25, 0.3) is 0 Å². The van der Waals surface area contributed by atoms with Gasteiger partial charge in [-0.05, 0) is 44.2 Å². The lowest BCUT2D eigenvalue weighted by Crippen LogP contribution is -2.42. The Balaban J connectivity index is 1.92. The number of rotatable bonds is 3. The number of benzene rings is 1. The van der Waals surface area contributed by atoms with E-state index in [9.17, 15) is 4.79 Å². The van der Waals surface area contributed by atoms with Crippen LogP contribution in [0.4, 0.5) is 0 Å². The predicted molar refractivity (Wildman–Crippen MR) is 75.6 cm³/mol. The molecule has 1 unspecified atom stereocenters. The molecular weight excluding hydrogens is 264 g/mol. The standard InChI is InChI=1S/C14H19ClN2O2/c1-11(19-13-5-3-12(15)4-6-13)14(18)17-9-2-7-16-8-10-17/h3-6,11,16H,2,7-10H2,1H3. The summed E-state index contributed by atoms with van der Waals surface area (Å²) in [5.74, 6) is 0.705. The second-order valence-corrected chi connectivity index (χ2v) is 5.08. The van der Waals surface area contributed by atoms with Crippen LogP contribution in [0.5, 0.6) is 5.75 Å². The third-order valence-corrected chi connectivity index (χ3v) is 3.38. The van der Waals surface area contributed by atoms with Gasteiger partial charge in [-0.15, -0.1) is 0 Å². The largest absolute Gasteiger partial charge is 0.481 e. The number of nitrogens with one attached hydrogen (secondary N) is 1. The number of carbonyl (C=O) groups is 1. The number of carbonyl (C=O) groups excluding carboxylic acids is 1. The first-order valence-corrected chi connectivity index (χ1v) is 6.96. The minimum Gasteiger partial charge on any atom is -0.481 e. The molecule has 1 aromatic carbocycles. The third-order valence-electron chi connectivity index (χ3n) is 3.13. The molecule has 104 valence electrons. The van der Waals surface area contributed by atoms with E-state index >= 15 is 0 Å². The zero-order chi connectivity index (χ0) is 13.7. The highest BCUT2D eigenvalue weighted by atomic mass is 35.5. The van der Waals surface area contributed by atoms with Gasteiger partial charge >= 0.3 is 0 Å². The van der Waals surface area contributed by atoms with Crippen LogP contribution in [0.15, 0.2) is 24.3 Å². The van der Waals surface area contributed by atoms with Gasteiger partial charge in [-0.3, -0.25) is 4.79 Å². The second kappa shape index (κ2) is 6.78. The molecule has 1 saturated heterocycles. The van der Waals surface area contributed by atoms with Crippen LogP contribution >= 0.6 is 11.6 Å². The Labute approximate surface area is 118 Å². The molecule has 0 saturated carbocycles. The fourth-order valence-corrected chi connectivity index (χ4v) is 2.22. The average molecular weight is 283 g/mol. The van der Waals surface area contributed by atoms with Crippen LogP contribution in [0.2, 0.25) is 5.02 Å². The molecule has 19 heavy (non-hydrogen) atoms. The third kappa shape index (κ3) is 4.11. The van der Waals surface area contributed by atoms with E-state index in [-0.39, 0.29) is 5.91 Å². The summed E-state index contributed by atoms with van der Waals surface area (Å²) >= 11 is 5.81. The van der Waals surface area contributed by atoms with E-state index < -0.39 is 6.10 Å². The van der Waals surface area contributed by atoms with Gasteiger partial charge in [0.2, 0.25) is 0 Å². The summed E-state index contributed by atoms with van der Waals surface area (Å²) in [6.45, 7) is 5.14. The zero-order valence-corrected chi connectivity index (χ0v) is 11.8. The van der Waals surface area contributed by atoms with Crippen LogP contribution in [0, 0.1) is 0 Å². The van der Waals surface area contributed by atoms with E-state index in [1.54, 1.807) is 31.2 Å². The monoisotopic (exact) mass is 282 g/mol. The van der Waals surface area contributed by atoms with Crippen LogP contribution in [-0.4, -0.2) is 43.1 Å². The highest BCUT2D eigenvalue weighted by Gasteiger charge is 2.22. The molecule has 1 fully saturated rings. The molecule has 0 radical (unpaired) electrons. The lowest BCUT2D eigenvalue weighted by Gasteiger charge is -2.24. The summed E-state index contributed by atoms with van der Waals surface area (Å²) in [6, 6.07) is 7.06. The molecule has 1 aromatic rings. The molecule has 1 aliphatic heterocycles. The first kappa shape index (κ1) is 14.2. The van der Waals surface area contributed by atoms with Crippen molar-refractivity contribution in [1.82, 2.24) is 10.2 Å². The molecule has 1 heterocycles. The maximum absolute atomic E-state index is 12.3. The van der Waals surface area contributed by atoms with Gasteiger partial charge in [-0.25, -0.2) is 0 Å². The Morgan fingerprint density at radius 3 is 2.79 bits per heavy atom. The SMILES string of the molecule is CC(Oc1ccc(Cl)cc1)C(=O)N1CCCNCC1. The fraction of sp³-hybridized carbons (Fsp3) is 0.500. The summed E-state index contributed by atoms with van der Waals surface area (Å²) in [6.07, 6.45) is 0.513. The molecule has 0 aliphatic carbocycles. The van der Waals surface area contributed by atoms with E-state index in [0.717, 1.165) is 32.6 Å². The van der Waals surface area contributed by atoms with E-state index in [1.165, 1.54) is 0 Å². The normalized spacial score (nSPS) is 17.7. The highest BCUT2D eigenvalue weighted by molar-refractivity contribution is 6.30. The number of hydrogen-bond acceptors (Lipinski definition) is 3. The Hall–Kier alpha value is -1.26. The zero-order valence-electron chi connectivity index (χ0n) is 11.1. The summed E-state index contributed by atoms with van der Waals surface area (Å²) in [7, 11) is 0. The molecule has 4 nitrogen and oxygen atoms in total. The van der Waals surface area contributed by atoms with Crippen molar-refractivity contribution in [3.05, 3.63) is 29.3 Å². The summed E-state index contributed by atoms with van der Waals surface area (Å²) in [5.41, 5.74) is 0. The van der Waals surface area contributed by atoms with Gasteiger partial charge in [-0.2, -0.15) is 0 Å². The Morgan fingerprint density at radius 1 is 1.32 bits per heavy atom. The van der Waals surface area contributed by atoms with Crippen molar-refractivity contribution in [2.45, 2.75) is 19.4 Å². The summed E-state index contributed by atoms with van der Waals surface area (Å²) in [5, 5.41) is 3.93. The Kier molecular flexibility index (Phi) is 5.05. The highest BCUT2D eigenvalue weighted by Crippen LogP contribution is 2.17. The van der Waals surface area contributed by atoms with Gasteiger partial charge in [0.25, 0.3) is 5.91 Å². The predicted octanol–water partition coefficient (Wildman–Crippen LogP) is 1.93. The van der Waals surface area contributed by atoms with Crippen LogP contribution in [0.3, 0.4) is 0 Å². The Morgan fingerprint density at radius 2 is 2.05 bits per heavy atom. The van der Waals surface area contributed by atoms with E-state index in [0.29, 0.717) is 10.8 Å². The molecule has 2 rings (SSSR count). The fourth-order valence-electron chi connectivity index (χ4n) is 2.09. The first-order chi connectivity index (χ1) is 9.16. The van der Waals surface area contributed by atoms with Crippen molar-refractivity contribution in [2.75, 3.05) is 26.2 Å². The number of nitrogens with zero attached hydrogens (tertiary/aromatic N) is 1. The van der Waals surface area contributed by atoms with Crippen molar-refractivity contribution in [2.24, 2.45) is 0 Å². The second-order valence-electron chi connectivity index (χ2n) is 4.64. The minimum absolute atomic E-state index is 0.0404. The smallest absolute Gasteiger partial charge is 0.263 e. The van der Waals surface area contributed by atoms with Crippen molar-refractivity contribution >= 4 is 17.5 Å². The summed E-state index contributed by atoms with van der Waals surface area (Å²) < 4.78 is 5.65. The van der Waals surface area contributed by atoms with Crippen molar-refractivity contribution in [3.8, 4) is 5.75 Å². The average Bonchev–Trinajstić information content (AvgIpc) is 2.69. The maximum atomic E-state index is 12.3. The van der Waals surface area contributed by atoms with E-state index in [4.69, 9.17) is 16.3 Å². The van der Waals surface area contributed by atoms with Gasteiger partial charge in [-0.1, -0.05) is 11.6 Å². The molecule has 1 N–H and O–H groups in total.